The van der Waals surface area contributed by atoms with Gasteiger partial charge in [0.1, 0.15) is 0 Å². The lowest BCUT2D eigenvalue weighted by Crippen LogP contribution is -2.47. The number of nitrogens with zero attached hydrogens (tertiary/aromatic N) is 2. The van der Waals surface area contributed by atoms with Crippen LogP contribution in [0.4, 0.5) is 4.79 Å². The van der Waals surface area contributed by atoms with Crippen LogP contribution in [0.2, 0.25) is 0 Å². The number of rotatable bonds is 6. The molecule has 1 aliphatic heterocycles. The van der Waals surface area contributed by atoms with E-state index in [1.54, 1.807) is 0 Å². The summed E-state index contributed by atoms with van der Waals surface area (Å²) in [6.45, 7) is 3.10. The van der Waals surface area contributed by atoms with Crippen LogP contribution in [0, 0.1) is 5.92 Å². The van der Waals surface area contributed by atoms with Gasteiger partial charge in [-0.3, -0.25) is 4.79 Å². The van der Waals surface area contributed by atoms with Gasteiger partial charge in [0.2, 0.25) is 5.91 Å². The van der Waals surface area contributed by atoms with Crippen molar-refractivity contribution in [3.05, 3.63) is 0 Å². The van der Waals surface area contributed by atoms with Crippen LogP contribution in [0.1, 0.15) is 32.1 Å². The lowest BCUT2D eigenvalue weighted by Gasteiger charge is -2.31. The van der Waals surface area contributed by atoms with Gasteiger partial charge >= 0.3 is 6.03 Å². The quantitative estimate of drug-likeness (QED) is 0.707. The normalized spacial score (nSPS) is 19.7. The zero-order chi connectivity index (χ0) is 15.2. The topological polar surface area (TPSA) is 64.7 Å². The standard InChI is InChI=1S/C15H28N4O2/c1-18(2)9-3-8-16-14(20)12-6-10-19(11-7-12)15(21)17-13-4-5-13/h12-13H,3-11H2,1-2H3,(H,16,20)(H,17,21). The number of likely N-dealkylation sites (tertiary alicyclic amines) is 1. The summed E-state index contributed by atoms with van der Waals surface area (Å²) < 4.78 is 0. The van der Waals surface area contributed by atoms with E-state index < -0.39 is 0 Å². The van der Waals surface area contributed by atoms with E-state index in [2.05, 4.69) is 15.5 Å². The van der Waals surface area contributed by atoms with Crippen molar-refractivity contribution >= 4 is 11.9 Å². The van der Waals surface area contributed by atoms with E-state index in [9.17, 15) is 9.59 Å². The highest BCUT2D eigenvalue weighted by Gasteiger charge is 2.30. The van der Waals surface area contributed by atoms with E-state index in [0.29, 0.717) is 19.1 Å². The summed E-state index contributed by atoms with van der Waals surface area (Å²) in [6, 6.07) is 0.442. The smallest absolute Gasteiger partial charge is 0.317 e. The molecule has 2 aliphatic rings. The van der Waals surface area contributed by atoms with E-state index in [1.807, 2.05) is 19.0 Å². The maximum atomic E-state index is 12.1. The van der Waals surface area contributed by atoms with Crippen LogP contribution in [0.5, 0.6) is 0 Å². The molecule has 1 aliphatic carbocycles. The summed E-state index contributed by atoms with van der Waals surface area (Å²) in [6.07, 6.45) is 4.74. The molecule has 0 aromatic carbocycles. The maximum absolute atomic E-state index is 12.1. The minimum atomic E-state index is 0.0438. The van der Waals surface area contributed by atoms with E-state index in [0.717, 1.165) is 45.2 Å². The third kappa shape index (κ3) is 5.53. The largest absolute Gasteiger partial charge is 0.356 e. The molecule has 6 nitrogen and oxygen atoms in total. The molecule has 1 heterocycles. The molecule has 0 radical (unpaired) electrons. The lowest BCUT2D eigenvalue weighted by molar-refractivity contribution is -0.126. The highest BCUT2D eigenvalue weighted by atomic mass is 16.2. The summed E-state index contributed by atoms with van der Waals surface area (Å²) in [7, 11) is 4.06. The van der Waals surface area contributed by atoms with Crippen LogP contribution in [0.25, 0.3) is 0 Å². The molecule has 3 amide bonds. The molecule has 0 unspecified atom stereocenters. The van der Waals surface area contributed by atoms with E-state index in [4.69, 9.17) is 0 Å². The molecular weight excluding hydrogens is 268 g/mol. The van der Waals surface area contributed by atoms with Gasteiger partial charge in [-0.1, -0.05) is 0 Å². The molecule has 6 heteroatoms. The Morgan fingerprint density at radius 1 is 1.14 bits per heavy atom. The van der Waals surface area contributed by atoms with Gasteiger partial charge in [0.25, 0.3) is 0 Å². The summed E-state index contributed by atoms with van der Waals surface area (Å²) in [5, 5.41) is 6.01. The Labute approximate surface area is 127 Å². The third-order valence-electron chi connectivity index (χ3n) is 4.14. The zero-order valence-corrected chi connectivity index (χ0v) is 13.2. The van der Waals surface area contributed by atoms with Crippen LogP contribution in [-0.4, -0.2) is 68.1 Å². The van der Waals surface area contributed by atoms with Gasteiger partial charge in [-0.15, -0.1) is 0 Å². The first-order chi connectivity index (χ1) is 10.1. The fraction of sp³-hybridized carbons (Fsp3) is 0.867. The molecule has 0 bridgehead atoms. The third-order valence-corrected chi connectivity index (χ3v) is 4.14. The molecule has 2 fully saturated rings. The van der Waals surface area contributed by atoms with Gasteiger partial charge in [0.15, 0.2) is 0 Å². The monoisotopic (exact) mass is 296 g/mol. The Morgan fingerprint density at radius 2 is 1.81 bits per heavy atom. The van der Waals surface area contributed by atoms with Crippen molar-refractivity contribution in [1.82, 2.24) is 20.4 Å². The first-order valence-corrected chi connectivity index (χ1v) is 8.04. The molecule has 120 valence electrons. The molecule has 1 saturated carbocycles. The van der Waals surface area contributed by atoms with E-state index in [1.165, 1.54) is 0 Å². The number of urea groups is 1. The predicted octanol–water partition coefficient (Wildman–Crippen LogP) is 0.638. The number of amides is 3. The average molecular weight is 296 g/mol. The van der Waals surface area contributed by atoms with E-state index >= 15 is 0 Å². The molecule has 0 aromatic heterocycles. The van der Waals surface area contributed by atoms with Gasteiger partial charge in [0.05, 0.1) is 0 Å². The van der Waals surface area contributed by atoms with Gasteiger partial charge in [0, 0.05) is 31.6 Å². The highest BCUT2D eigenvalue weighted by molar-refractivity contribution is 5.79. The Morgan fingerprint density at radius 3 is 2.38 bits per heavy atom. The molecule has 21 heavy (non-hydrogen) atoms. The zero-order valence-electron chi connectivity index (χ0n) is 13.2. The minimum Gasteiger partial charge on any atom is -0.356 e. The second kappa shape index (κ2) is 7.64. The van der Waals surface area contributed by atoms with Gasteiger partial charge in [-0.25, -0.2) is 4.79 Å². The van der Waals surface area contributed by atoms with Crippen LogP contribution >= 0.6 is 0 Å². The van der Waals surface area contributed by atoms with Crippen molar-refractivity contribution in [2.24, 2.45) is 5.92 Å². The molecule has 2 N–H and O–H groups in total. The minimum absolute atomic E-state index is 0.0438. The summed E-state index contributed by atoms with van der Waals surface area (Å²) >= 11 is 0. The molecule has 1 saturated heterocycles. The van der Waals surface area contributed by atoms with E-state index in [-0.39, 0.29) is 17.9 Å². The first-order valence-electron chi connectivity index (χ1n) is 8.04. The Bertz CT molecular complexity index is 361. The van der Waals surface area contributed by atoms with Gasteiger partial charge in [-0.05, 0) is 52.7 Å². The highest BCUT2D eigenvalue weighted by Crippen LogP contribution is 2.21. The predicted molar refractivity (Wildman–Crippen MR) is 82.0 cm³/mol. The molecule has 0 aromatic rings. The second-order valence-corrected chi connectivity index (χ2v) is 6.43. The molecule has 0 atom stereocenters. The Hall–Kier alpha value is -1.30. The number of hydrogen-bond acceptors (Lipinski definition) is 3. The fourth-order valence-electron chi connectivity index (χ4n) is 2.59. The summed E-state index contributed by atoms with van der Waals surface area (Å²) in [4.78, 5) is 27.9. The van der Waals surface area contributed by atoms with Gasteiger partial charge < -0.3 is 20.4 Å². The Kier molecular flexibility index (Phi) is 5.85. The lowest BCUT2D eigenvalue weighted by atomic mass is 9.96. The molecule has 0 spiro atoms. The van der Waals surface area contributed by atoms with Crippen LogP contribution < -0.4 is 10.6 Å². The fourth-order valence-corrected chi connectivity index (χ4v) is 2.59. The SMILES string of the molecule is CN(C)CCCNC(=O)C1CCN(C(=O)NC2CC2)CC1. The maximum Gasteiger partial charge on any atom is 0.317 e. The van der Waals surface area contributed by atoms with Crippen LogP contribution in [-0.2, 0) is 4.79 Å². The average Bonchev–Trinajstić information content (AvgIpc) is 3.27. The van der Waals surface area contributed by atoms with Crippen LogP contribution in [0.15, 0.2) is 0 Å². The molecular formula is C15H28N4O2. The van der Waals surface area contributed by atoms with Gasteiger partial charge in [-0.2, -0.15) is 0 Å². The summed E-state index contributed by atoms with van der Waals surface area (Å²) in [5.74, 6) is 0.213. The first kappa shape index (κ1) is 16.1. The second-order valence-electron chi connectivity index (χ2n) is 6.43. The number of carbonyl (C=O) groups is 2. The summed E-state index contributed by atoms with van der Waals surface area (Å²) in [5.41, 5.74) is 0. The number of carbonyl (C=O) groups excluding carboxylic acids is 2. The van der Waals surface area contributed by atoms with Crippen molar-refractivity contribution in [2.75, 3.05) is 40.3 Å². The molecule has 2 rings (SSSR count). The van der Waals surface area contributed by atoms with Crippen molar-refractivity contribution in [1.29, 1.82) is 0 Å². The van der Waals surface area contributed by atoms with Crippen molar-refractivity contribution in [2.45, 2.75) is 38.1 Å². The van der Waals surface area contributed by atoms with Crippen molar-refractivity contribution in [3.63, 3.8) is 0 Å². The number of nitrogens with one attached hydrogen (secondary N) is 2. The number of hydrogen-bond donors (Lipinski definition) is 2. The number of piperidine rings is 1. The Balaban J connectivity index is 1.61. The van der Waals surface area contributed by atoms with Crippen molar-refractivity contribution in [3.8, 4) is 0 Å². The van der Waals surface area contributed by atoms with Crippen molar-refractivity contribution < 1.29 is 9.59 Å². The van der Waals surface area contributed by atoms with Crippen LogP contribution in [0.3, 0.4) is 0 Å².